The zero-order valence-corrected chi connectivity index (χ0v) is 9.77. The van der Waals surface area contributed by atoms with Gasteiger partial charge in [-0.25, -0.2) is 0 Å². The van der Waals surface area contributed by atoms with Gasteiger partial charge in [-0.1, -0.05) is 6.92 Å². The van der Waals surface area contributed by atoms with Crippen molar-refractivity contribution < 1.29 is 5.11 Å². The lowest BCUT2D eigenvalue weighted by Gasteiger charge is -2.31. The van der Waals surface area contributed by atoms with Crippen LogP contribution in [-0.4, -0.2) is 30.6 Å². The second kappa shape index (κ2) is 3.33. The van der Waals surface area contributed by atoms with Gasteiger partial charge in [-0.2, -0.15) is 0 Å². The first-order valence-electron chi connectivity index (χ1n) is 4.92. The number of rotatable bonds is 2. The summed E-state index contributed by atoms with van der Waals surface area (Å²) in [4.78, 5) is 3.33. The highest BCUT2D eigenvalue weighted by molar-refractivity contribution is 7.10. The number of hydrogen-bond donors (Lipinski definition) is 1. The third-order valence-electron chi connectivity index (χ3n) is 2.96. The lowest BCUT2D eigenvalue weighted by molar-refractivity contribution is 0.0351. The van der Waals surface area contributed by atoms with Crippen molar-refractivity contribution in [3.8, 4) is 0 Å². The molecule has 14 heavy (non-hydrogen) atoms. The second-order valence-electron chi connectivity index (χ2n) is 4.78. The predicted octanol–water partition coefficient (Wildman–Crippen LogP) is 1.91. The van der Waals surface area contributed by atoms with Crippen LogP contribution in [0.25, 0.3) is 0 Å². The van der Waals surface area contributed by atoms with E-state index in [2.05, 4.69) is 37.4 Å². The fraction of sp³-hybridized carbons (Fsp3) is 0.636. The molecule has 0 aliphatic heterocycles. The molecule has 1 N–H and O–H groups in total. The largest absolute Gasteiger partial charge is 0.387 e. The zero-order chi connectivity index (χ0) is 10.3. The third-order valence-corrected chi connectivity index (χ3v) is 3.97. The van der Waals surface area contributed by atoms with Crippen molar-refractivity contribution in [3.63, 3.8) is 0 Å². The molecule has 0 amide bonds. The van der Waals surface area contributed by atoms with Crippen molar-refractivity contribution in [1.82, 2.24) is 4.90 Å². The summed E-state index contributed by atoms with van der Waals surface area (Å²) < 4.78 is 0. The highest BCUT2D eigenvalue weighted by Gasteiger charge is 2.42. The standard InChI is InChI=1S/C11H17NOS/c1-11(7-12(2)3)6-8-4-5-14-9(8)10(11)13/h4-5,10,13H,6-7H2,1-3H3/t10-,11-/m1/s1. The SMILES string of the molecule is CN(C)C[C@@]1(C)Cc2ccsc2[C@H]1O. The number of aliphatic hydroxyl groups is 1. The lowest BCUT2D eigenvalue weighted by atomic mass is 9.85. The van der Waals surface area contributed by atoms with E-state index >= 15 is 0 Å². The maximum atomic E-state index is 10.2. The van der Waals surface area contributed by atoms with Crippen molar-refractivity contribution in [1.29, 1.82) is 0 Å². The molecule has 0 radical (unpaired) electrons. The van der Waals surface area contributed by atoms with Crippen LogP contribution in [0.4, 0.5) is 0 Å². The molecule has 0 saturated carbocycles. The van der Waals surface area contributed by atoms with Crippen LogP contribution < -0.4 is 0 Å². The molecular formula is C11H17NOS. The van der Waals surface area contributed by atoms with Gasteiger partial charge in [0.15, 0.2) is 0 Å². The minimum Gasteiger partial charge on any atom is -0.387 e. The van der Waals surface area contributed by atoms with Crippen LogP contribution >= 0.6 is 11.3 Å². The fourth-order valence-corrected chi connectivity index (χ4v) is 3.53. The monoisotopic (exact) mass is 211 g/mol. The van der Waals surface area contributed by atoms with E-state index in [0.29, 0.717) is 0 Å². The molecule has 0 spiro atoms. The molecule has 0 bridgehead atoms. The maximum absolute atomic E-state index is 10.2. The quantitative estimate of drug-likeness (QED) is 0.807. The van der Waals surface area contributed by atoms with Gasteiger partial charge in [-0.3, -0.25) is 0 Å². The van der Waals surface area contributed by atoms with Crippen LogP contribution in [0.5, 0.6) is 0 Å². The Morgan fingerprint density at radius 3 is 2.93 bits per heavy atom. The van der Waals surface area contributed by atoms with E-state index in [-0.39, 0.29) is 11.5 Å². The van der Waals surface area contributed by atoms with Gasteiger partial charge in [0.2, 0.25) is 0 Å². The van der Waals surface area contributed by atoms with E-state index in [4.69, 9.17) is 0 Å². The van der Waals surface area contributed by atoms with Gasteiger partial charge >= 0.3 is 0 Å². The third kappa shape index (κ3) is 1.49. The Morgan fingerprint density at radius 2 is 2.36 bits per heavy atom. The summed E-state index contributed by atoms with van der Waals surface area (Å²) in [7, 11) is 4.12. The van der Waals surface area contributed by atoms with E-state index in [0.717, 1.165) is 13.0 Å². The number of aliphatic hydroxyl groups excluding tert-OH is 1. The average Bonchev–Trinajstić information content (AvgIpc) is 2.55. The van der Waals surface area contributed by atoms with Crippen LogP contribution in [0, 0.1) is 5.41 Å². The smallest absolute Gasteiger partial charge is 0.0953 e. The van der Waals surface area contributed by atoms with Crippen LogP contribution in [0.2, 0.25) is 0 Å². The number of fused-ring (bicyclic) bond motifs is 1. The molecule has 1 aliphatic carbocycles. The summed E-state index contributed by atoms with van der Waals surface area (Å²) in [5.74, 6) is 0. The molecule has 2 rings (SSSR count). The van der Waals surface area contributed by atoms with Crippen molar-refractivity contribution in [2.24, 2.45) is 5.41 Å². The first-order chi connectivity index (χ1) is 6.53. The lowest BCUT2D eigenvalue weighted by Crippen LogP contribution is -2.34. The van der Waals surface area contributed by atoms with Gasteiger partial charge < -0.3 is 10.0 Å². The van der Waals surface area contributed by atoms with Gasteiger partial charge in [-0.05, 0) is 37.5 Å². The topological polar surface area (TPSA) is 23.5 Å². The summed E-state index contributed by atoms with van der Waals surface area (Å²) in [5.41, 5.74) is 1.35. The molecular weight excluding hydrogens is 194 g/mol. The predicted molar refractivity (Wildman–Crippen MR) is 59.6 cm³/mol. The summed E-state index contributed by atoms with van der Waals surface area (Å²) in [6, 6.07) is 2.14. The van der Waals surface area contributed by atoms with E-state index in [9.17, 15) is 5.11 Å². The van der Waals surface area contributed by atoms with Gasteiger partial charge in [0.05, 0.1) is 6.10 Å². The molecule has 2 nitrogen and oxygen atoms in total. The van der Waals surface area contributed by atoms with E-state index in [1.54, 1.807) is 11.3 Å². The number of nitrogens with zero attached hydrogens (tertiary/aromatic N) is 1. The summed E-state index contributed by atoms with van der Waals surface area (Å²) in [6.07, 6.45) is 0.727. The van der Waals surface area contributed by atoms with Crippen LogP contribution in [0.1, 0.15) is 23.5 Å². The number of thiophene rings is 1. The molecule has 3 heteroatoms. The van der Waals surface area contributed by atoms with Gasteiger partial charge in [0, 0.05) is 16.8 Å². The average molecular weight is 211 g/mol. The molecule has 1 aromatic rings. The van der Waals surface area contributed by atoms with Gasteiger partial charge in [-0.15, -0.1) is 11.3 Å². The van der Waals surface area contributed by atoms with Crippen LogP contribution in [0.15, 0.2) is 11.4 Å². The van der Waals surface area contributed by atoms with E-state index < -0.39 is 0 Å². The molecule has 78 valence electrons. The molecule has 0 aromatic carbocycles. The van der Waals surface area contributed by atoms with E-state index in [1.807, 2.05) is 0 Å². The van der Waals surface area contributed by atoms with Crippen molar-refractivity contribution >= 4 is 11.3 Å². The molecule has 0 fully saturated rings. The van der Waals surface area contributed by atoms with Gasteiger partial charge in [0.25, 0.3) is 0 Å². The minimum atomic E-state index is -0.278. The van der Waals surface area contributed by atoms with Crippen molar-refractivity contribution in [2.45, 2.75) is 19.4 Å². The minimum absolute atomic E-state index is 0.00588. The van der Waals surface area contributed by atoms with E-state index in [1.165, 1.54) is 10.4 Å². The van der Waals surface area contributed by atoms with Gasteiger partial charge in [0.1, 0.15) is 0 Å². The Kier molecular flexibility index (Phi) is 2.41. The highest BCUT2D eigenvalue weighted by atomic mass is 32.1. The Bertz CT molecular complexity index is 334. The molecule has 0 unspecified atom stereocenters. The summed E-state index contributed by atoms with van der Waals surface area (Å²) in [6.45, 7) is 3.11. The Labute approximate surface area is 89.2 Å². The van der Waals surface area contributed by atoms with Crippen molar-refractivity contribution in [3.05, 3.63) is 21.9 Å². The maximum Gasteiger partial charge on any atom is 0.0953 e. The Hall–Kier alpha value is -0.380. The second-order valence-corrected chi connectivity index (χ2v) is 5.73. The van der Waals surface area contributed by atoms with Crippen molar-refractivity contribution in [2.75, 3.05) is 20.6 Å². The summed E-state index contributed by atoms with van der Waals surface area (Å²) >= 11 is 1.68. The highest BCUT2D eigenvalue weighted by Crippen LogP contribution is 2.47. The molecule has 1 aliphatic rings. The Morgan fingerprint density at radius 1 is 1.64 bits per heavy atom. The zero-order valence-electron chi connectivity index (χ0n) is 8.95. The van der Waals surface area contributed by atoms with Crippen LogP contribution in [0.3, 0.4) is 0 Å². The van der Waals surface area contributed by atoms with Crippen LogP contribution in [-0.2, 0) is 6.42 Å². The molecule has 1 heterocycles. The molecule has 1 aromatic heterocycles. The first-order valence-corrected chi connectivity index (χ1v) is 5.80. The molecule has 0 saturated heterocycles. The fourth-order valence-electron chi connectivity index (χ4n) is 2.45. The normalized spacial score (nSPS) is 31.1. The first kappa shape index (κ1) is 10.1. The number of hydrogen-bond acceptors (Lipinski definition) is 3. The molecule has 2 atom stereocenters. The Balaban J connectivity index is 2.23. The summed E-state index contributed by atoms with van der Waals surface area (Å²) in [5, 5.41) is 12.3.